The number of urea groups is 1. The predicted molar refractivity (Wildman–Crippen MR) is 84.4 cm³/mol. The largest absolute Gasteiger partial charge is 0.442 e. The molecule has 1 aromatic rings. The molecule has 1 heterocycles. The summed E-state index contributed by atoms with van der Waals surface area (Å²) >= 11 is 0. The molecule has 1 fully saturated rings. The Morgan fingerprint density at radius 3 is 2.12 bits per heavy atom. The molecule has 2 rings (SSSR count). The summed E-state index contributed by atoms with van der Waals surface area (Å²) in [5.41, 5.74) is -2.86. The van der Waals surface area contributed by atoms with Crippen molar-refractivity contribution >= 4 is 23.9 Å². The molecule has 0 bridgehead atoms. The van der Waals surface area contributed by atoms with Crippen LogP contribution in [0.1, 0.15) is 26.3 Å². The SMILES string of the molecule is CC(C)(C)OC(=O)N(O)C1(Cc2ccccc2)C(=O)NC(=O)NC1=O. The number of nitrogens with one attached hydrogen (secondary N) is 2. The summed E-state index contributed by atoms with van der Waals surface area (Å²) in [6.45, 7) is 4.69. The molecule has 1 aliphatic heterocycles. The Hall–Kier alpha value is -2.94. The summed E-state index contributed by atoms with van der Waals surface area (Å²) in [5.74, 6) is -2.25. The third-order valence-corrected chi connectivity index (χ3v) is 3.44. The van der Waals surface area contributed by atoms with E-state index < -0.39 is 35.1 Å². The summed E-state index contributed by atoms with van der Waals surface area (Å²) in [6, 6.07) is 7.26. The van der Waals surface area contributed by atoms with Crippen LogP contribution in [0, 0.1) is 0 Å². The maximum Gasteiger partial charge on any atom is 0.435 e. The first-order valence-electron chi connectivity index (χ1n) is 7.49. The van der Waals surface area contributed by atoms with E-state index in [0.29, 0.717) is 5.56 Å². The van der Waals surface area contributed by atoms with Crippen LogP contribution in [0.4, 0.5) is 9.59 Å². The molecule has 3 N–H and O–H groups in total. The molecular formula is C16H19N3O6. The second-order valence-corrected chi connectivity index (χ2v) is 6.55. The number of benzene rings is 1. The molecule has 1 aromatic carbocycles. The molecule has 25 heavy (non-hydrogen) atoms. The van der Waals surface area contributed by atoms with E-state index in [0.717, 1.165) is 0 Å². The predicted octanol–water partition coefficient (Wildman–Crippen LogP) is 0.960. The van der Waals surface area contributed by atoms with Crippen LogP contribution in [0.2, 0.25) is 0 Å². The highest BCUT2D eigenvalue weighted by molar-refractivity contribution is 6.23. The summed E-state index contributed by atoms with van der Waals surface area (Å²) in [4.78, 5) is 48.5. The van der Waals surface area contributed by atoms with Gasteiger partial charge in [-0.05, 0) is 26.3 Å². The number of amides is 5. The first-order chi connectivity index (χ1) is 11.6. The molecule has 9 heteroatoms. The van der Waals surface area contributed by atoms with E-state index in [4.69, 9.17) is 4.74 Å². The van der Waals surface area contributed by atoms with E-state index in [1.165, 1.54) is 0 Å². The van der Waals surface area contributed by atoms with Crippen LogP contribution in [0.25, 0.3) is 0 Å². The minimum absolute atomic E-state index is 0.0671. The number of carbonyl (C=O) groups is 4. The molecule has 0 radical (unpaired) electrons. The molecule has 0 unspecified atom stereocenters. The van der Waals surface area contributed by atoms with Gasteiger partial charge >= 0.3 is 12.1 Å². The molecule has 0 spiro atoms. The zero-order valence-electron chi connectivity index (χ0n) is 14.0. The molecular weight excluding hydrogens is 330 g/mol. The van der Waals surface area contributed by atoms with Crippen LogP contribution in [-0.4, -0.2) is 45.3 Å². The van der Waals surface area contributed by atoms with Crippen molar-refractivity contribution in [2.24, 2.45) is 0 Å². The van der Waals surface area contributed by atoms with E-state index in [9.17, 15) is 24.4 Å². The van der Waals surface area contributed by atoms with Gasteiger partial charge in [-0.2, -0.15) is 5.06 Å². The van der Waals surface area contributed by atoms with Crippen molar-refractivity contribution in [1.29, 1.82) is 0 Å². The molecule has 1 aliphatic rings. The highest BCUT2D eigenvalue weighted by atomic mass is 16.6. The van der Waals surface area contributed by atoms with Gasteiger partial charge in [0.1, 0.15) is 5.60 Å². The monoisotopic (exact) mass is 349 g/mol. The lowest BCUT2D eigenvalue weighted by Crippen LogP contribution is -2.74. The summed E-state index contributed by atoms with van der Waals surface area (Å²) in [5, 5.41) is 14.1. The molecule has 9 nitrogen and oxygen atoms in total. The van der Waals surface area contributed by atoms with Gasteiger partial charge in [0.15, 0.2) is 0 Å². The number of ether oxygens (including phenoxy) is 1. The second kappa shape index (κ2) is 6.52. The van der Waals surface area contributed by atoms with Crippen molar-refractivity contribution in [2.75, 3.05) is 0 Å². The average molecular weight is 349 g/mol. The van der Waals surface area contributed by atoms with Crippen LogP contribution in [0.3, 0.4) is 0 Å². The maximum absolute atomic E-state index is 12.5. The van der Waals surface area contributed by atoms with Crippen molar-refractivity contribution < 1.29 is 29.1 Å². The Kier molecular flexibility index (Phi) is 4.80. The topological polar surface area (TPSA) is 125 Å². The van der Waals surface area contributed by atoms with Crippen molar-refractivity contribution in [1.82, 2.24) is 15.7 Å². The van der Waals surface area contributed by atoms with Gasteiger partial charge in [0.25, 0.3) is 11.8 Å². The number of hydrogen-bond acceptors (Lipinski definition) is 6. The van der Waals surface area contributed by atoms with Gasteiger partial charge in [0.05, 0.1) is 0 Å². The number of barbiturate groups is 1. The smallest absolute Gasteiger partial charge is 0.435 e. The fourth-order valence-electron chi connectivity index (χ4n) is 2.33. The number of nitrogens with zero attached hydrogens (tertiary/aromatic N) is 1. The van der Waals surface area contributed by atoms with Crippen LogP contribution < -0.4 is 10.6 Å². The van der Waals surface area contributed by atoms with Gasteiger partial charge in [0, 0.05) is 6.42 Å². The van der Waals surface area contributed by atoms with E-state index >= 15 is 0 Å². The Bertz CT molecular complexity index is 690. The van der Waals surface area contributed by atoms with Crippen LogP contribution in [0.15, 0.2) is 30.3 Å². The fraction of sp³-hybridized carbons (Fsp3) is 0.375. The highest BCUT2D eigenvalue weighted by Gasteiger charge is 2.57. The fourth-order valence-corrected chi connectivity index (χ4v) is 2.33. The highest BCUT2D eigenvalue weighted by Crippen LogP contribution is 2.25. The summed E-state index contributed by atoms with van der Waals surface area (Å²) in [7, 11) is 0. The maximum atomic E-state index is 12.5. The quantitative estimate of drug-likeness (QED) is 0.424. The summed E-state index contributed by atoms with van der Waals surface area (Å²) in [6.07, 6.45) is -1.64. The van der Waals surface area contributed by atoms with Crippen LogP contribution >= 0.6 is 0 Å². The lowest BCUT2D eigenvalue weighted by molar-refractivity contribution is -0.182. The van der Waals surface area contributed by atoms with Gasteiger partial charge in [-0.25, -0.2) is 9.59 Å². The zero-order valence-corrected chi connectivity index (χ0v) is 14.0. The molecule has 0 aromatic heterocycles. The molecule has 0 saturated carbocycles. The molecule has 0 atom stereocenters. The van der Waals surface area contributed by atoms with Crippen LogP contribution in [0.5, 0.6) is 0 Å². The summed E-state index contributed by atoms with van der Waals surface area (Å²) < 4.78 is 5.03. The lowest BCUT2D eigenvalue weighted by atomic mass is 9.87. The zero-order chi connectivity index (χ0) is 18.8. The van der Waals surface area contributed by atoms with E-state index in [2.05, 4.69) is 0 Å². The van der Waals surface area contributed by atoms with Gasteiger partial charge in [-0.1, -0.05) is 30.3 Å². The Labute approximate surface area is 143 Å². The van der Waals surface area contributed by atoms with Gasteiger partial charge in [0.2, 0.25) is 5.54 Å². The Morgan fingerprint density at radius 2 is 1.64 bits per heavy atom. The third kappa shape index (κ3) is 3.77. The van der Waals surface area contributed by atoms with E-state index in [-0.39, 0.29) is 11.5 Å². The third-order valence-electron chi connectivity index (χ3n) is 3.44. The minimum atomic E-state index is -2.38. The minimum Gasteiger partial charge on any atom is -0.442 e. The average Bonchev–Trinajstić information content (AvgIpc) is 2.49. The standard InChI is InChI=1S/C16H19N3O6/c1-15(2,3)25-14(23)19(24)16(9-10-7-5-4-6-8-10)11(20)17-13(22)18-12(16)21/h4-8,24H,9H2,1-3H3,(H2,17,18,20,21,22). The van der Waals surface area contributed by atoms with Crippen molar-refractivity contribution in [2.45, 2.75) is 38.3 Å². The van der Waals surface area contributed by atoms with Gasteiger partial charge in [-0.3, -0.25) is 25.4 Å². The van der Waals surface area contributed by atoms with E-state index in [1.807, 2.05) is 10.6 Å². The lowest BCUT2D eigenvalue weighted by Gasteiger charge is -2.39. The number of imide groups is 2. The second-order valence-electron chi connectivity index (χ2n) is 6.55. The number of rotatable bonds is 3. The molecule has 0 aliphatic carbocycles. The van der Waals surface area contributed by atoms with Crippen molar-refractivity contribution in [3.63, 3.8) is 0 Å². The van der Waals surface area contributed by atoms with Crippen LogP contribution in [-0.2, 0) is 20.7 Å². The van der Waals surface area contributed by atoms with Gasteiger partial charge in [-0.15, -0.1) is 0 Å². The first kappa shape index (κ1) is 18.4. The Balaban J connectivity index is 2.45. The molecule has 5 amide bonds. The number of hydrogen-bond donors (Lipinski definition) is 3. The number of hydroxylamine groups is 2. The first-order valence-corrected chi connectivity index (χ1v) is 7.49. The van der Waals surface area contributed by atoms with Gasteiger partial charge < -0.3 is 4.74 Å². The number of carbonyl (C=O) groups excluding carboxylic acids is 4. The van der Waals surface area contributed by atoms with Crippen molar-refractivity contribution in [3.8, 4) is 0 Å². The molecule has 1 saturated heterocycles. The van der Waals surface area contributed by atoms with Crippen molar-refractivity contribution in [3.05, 3.63) is 35.9 Å². The molecule has 134 valence electrons. The van der Waals surface area contributed by atoms with E-state index in [1.54, 1.807) is 51.1 Å². The Morgan fingerprint density at radius 1 is 1.12 bits per heavy atom. The normalized spacial score (nSPS) is 16.7.